The van der Waals surface area contributed by atoms with Crippen molar-refractivity contribution in [2.24, 2.45) is 10.2 Å². The maximum absolute atomic E-state index is 12.4. The van der Waals surface area contributed by atoms with Crippen LogP contribution in [0.5, 0.6) is 11.5 Å². The standard InChI is InChI=1S/C21H21N5O6S/c1-3-22-21(30)26-33(31,32)14-8-10-17(28)16(11-14)24-25-20-18(29)9-7-13-5-4-6-15(19(13)20)23-12(2)27/h4-11,28-29H,3H2,1-2H3,(H,23,27)(H2,22,26,30). The molecule has 5 N–H and O–H groups in total. The second kappa shape index (κ2) is 9.53. The van der Waals surface area contributed by atoms with E-state index in [0.29, 0.717) is 16.5 Å². The molecule has 0 radical (unpaired) electrons. The van der Waals surface area contributed by atoms with E-state index in [4.69, 9.17) is 0 Å². The quantitative estimate of drug-likeness (QED) is 0.344. The van der Waals surface area contributed by atoms with Gasteiger partial charge in [-0.05, 0) is 42.6 Å². The normalized spacial score (nSPS) is 11.5. The number of nitrogens with zero attached hydrogens (tertiary/aromatic N) is 2. The summed E-state index contributed by atoms with van der Waals surface area (Å²) >= 11 is 0. The fraction of sp³-hybridized carbons (Fsp3) is 0.143. The SMILES string of the molecule is CCNC(=O)NS(=O)(=O)c1ccc(O)c(N=Nc2c(O)ccc3cccc(NC(C)=O)c23)c1. The Morgan fingerprint density at radius 1 is 1.00 bits per heavy atom. The Labute approximate surface area is 189 Å². The summed E-state index contributed by atoms with van der Waals surface area (Å²) in [6.45, 7) is 3.19. The second-order valence-electron chi connectivity index (χ2n) is 6.83. The summed E-state index contributed by atoms with van der Waals surface area (Å²) in [5.41, 5.74) is 0.170. The Balaban J connectivity index is 2.06. The minimum Gasteiger partial charge on any atom is -0.506 e. The summed E-state index contributed by atoms with van der Waals surface area (Å²) in [5, 5.41) is 34.4. The van der Waals surface area contributed by atoms with Crippen LogP contribution in [-0.4, -0.2) is 37.1 Å². The molecule has 0 aliphatic heterocycles. The van der Waals surface area contributed by atoms with Crippen molar-refractivity contribution in [3.63, 3.8) is 0 Å². The van der Waals surface area contributed by atoms with Gasteiger partial charge in [0.25, 0.3) is 10.0 Å². The number of rotatable bonds is 6. The summed E-state index contributed by atoms with van der Waals surface area (Å²) in [7, 11) is -4.24. The van der Waals surface area contributed by atoms with Crippen molar-refractivity contribution < 1.29 is 28.2 Å². The van der Waals surface area contributed by atoms with E-state index in [1.54, 1.807) is 31.2 Å². The smallest absolute Gasteiger partial charge is 0.328 e. The van der Waals surface area contributed by atoms with Crippen LogP contribution in [0.15, 0.2) is 63.7 Å². The number of phenols is 2. The van der Waals surface area contributed by atoms with Crippen molar-refractivity contribution in [2.45, 2.75) is 18.7 Å². The van der Waals surface area contributed by atoms with Crippen LogP contribution < -0.4 is 15.4 Å². The van der Waals surface area contributed by atoms with Gasteiger partial charge in [0, 0.05) is 18.9 Å². The lowest BCUT2D eigenvalue weighted by Crippen LogP contribution is -2.39. The van der Waals surface area contributed by atoms with Crippen LogP contribution in [0.3, 0.4) is 0 Å². The van der Waals surface area contributed by atoms with Gasteiger partial charge in [0.1, 0.15) is 22.9 Å². The number of sulfonamides is 1. The Hall–Kier alpha value is -4.19. The molecule has 0 saturated carbocycles. The van der Waals surface area contributed by atoms with Gasteiger partial charge >= 0.3 is 6.03 Å². The molecular formula is C21H21N5O6S. The molecule has 0 bridgehead atoms. The molecule has 0 fully saturated rings. The fourth-order valence-electron chi connectivity index (χ4n) is 2.98. The van der Waals surface area contributed by atoms with E-state index in [-0.39, 0.29) is 40.2 Å². The number of hydrogen-bond donors (Lipinski definition) is 5. The maximum atomic E-state index is 12.4. The fourth-order valence-corrected chi connectivity index (χ4v) is 3.92. The highest BCUT2D eigenvalue weighted by molar-refractivity contribution is 7.90. The molecule has 0 unspecified atom stereocenters. The third-order valence-electron chi connectivity index (χ3n) is 4.39. The molecule has 172 valence electrons. The predicted molar refractivity (Wildman–Crippen MR) is 122 cm³/mol. The van der Waals surface area contributed by atoms with Crippen LogP contribution in [0.4, 0.5) is 21.9 Å². The number of urea groups is 1. The minimum atomic E-state index is -4.24. The molecule has 33 heavy (non-hydrogen) atoms. The maximum Gasteiger partial charge on any atom is 0.328 e. The van der Waals surface area contributed by atoms with Gasteiger partial charge in [-0.25, -0.2) is 17.9 Å². The molecule has 0 atom stereocenters. The predicted octanol–water partition coefficient (Wildman–Crippen LogP) is 3.63. The Morgan fingerprint density at radius 3 is 2.42 bits per heavy atom. The van der Waals surface area contributed by atoms with E-state index in [9.17, 15) is 28.2 Å². The summed E-state index contributed by atoms with van der Waals surface area (Å²) in [6.07, 6.45) is 0. The van der Waals surface area contributed by atoms with E-state index in [1.807, 2.05) is 4.72 Å². The lowest BCUT2D eigenvalue weighted by molar-refractivity contribution is -0.114. The van der Waals surface area contributed by atoms with Crippen molar-refractivity contribution in [1.82, 2.24) is 10.0 Å². The molecule has 3 rings (SSSR count). The van der Waals surface area contributed by atoms with Gasteiger partial charge < -0.3 is 20.8 Å². The van der Waals surface area contributed by atoms with Crippen LogP contribution in [0, 0.1) is 0 Å². The topological polar surface area (TPSA) is 170 Å². The third-order valence-corrected chi connectivity index (χ3v) is 5.72. The number of carbonyl (C=O) groups excluding carboxylic acids is 2. The Kier molecular flexibility index (Phi) is 6.78. The van der Waals surface area contributed by atoms with Crippen LogP contribution in [0.2, 0.25) is 0 Å². The van der Waals surface area contributed by atoms with Gasteiger partial charge in [-0.3, -0.25) is 4.79 Å². The number of azo groups is 1. The van der Waals surface area contributed by atoms with E-state index in [2.05, 4.69) is 20.9 Å². The van der Waals surface area contributed by atoms with Crippen LogP contribution in [-0.2, 0) is 14.8 Å². The summed E-state index contributed by atoms with van der Waals surface area (Å²) in [5.74, 6) is -0.952. The van der Waals surface area contributed by atoms with E-state index < -0.39 is 16.1 Å². The molecule has 3 aromatic carbocycles. The van der Waals surface area contributed by atoms with Crippen LogP contribution in [0.25, 0.3) is 10.8 Å². The van der Waals surface area contributed by atoms with Gasteiger partial charge in [-0.15, -0.1) is 10.2 Å². The zero-order chi connectivity index (χ0) is 24.2. The van der Waals surface area contributed by atoms with Gasteiger partial charge in [0.05, 0.1) is 10.6 Å². The highest BCUT2D eigenvalue weighted by Gasteiger charge is 2.19. The van der Waals surface area contributed by atoms with Crippen molar-refractivity contribution in [3.05, 3.63) is 48.5 Å². The highest BCUT2D eigenvalue weighted by Crippen LogP contribution is 2.41. The zero-order valence-corrected chi connectivity index (χ0v) is 18.5. The summed E-state index contributed by atoms with van der Waals surface area (Å²) in [4.78, 5) is 22.9. The molecular weight excluding hydrogens is 450 g/mol. The van der Waals surface area contributed by atoms with Gasteiger partial charge in [0.2, 0.25) is 5.91 Å². The van der Waals surface area contributed by atoms with E-state index >= 15 is 0 Å². The van der Waals surface area contributed by atoms with Gasteiger partial charge in [-0.2, -0.15) is 0 Å². The van der Waals surface area contributed by atoms with E-state index in [1.165, 1.54) is 13.0 Å². The number of carbonyl (C=O) groups is 2. The Morgan fingerprint density at radius 2 is 1.73 bits per heavy atom. The number of benzene rings is 3. The van der Waals surface area contributed by atoms with Crippen molar-refractivity contribution in [2.75, 3.05) is 11.9 Å². The first-order valence-corrected chi connectivity index (χ1v) is 11.2. The molecule has 0 aliphatic carbocycles. The molecule has 0 saturated heterocycles. The van der Waals surface area contributed by atoms with E-state index in [0.717, 1.165) is 18.2 Å². The largest absolute Gasteiger partial charge is 0.506 e. The lowest BCUT2D eigenvalue weighted by Gasteiger charge is -2.10. The first-order chi connectivity index (χ1) is 15.6. The van der Waals surface area contributed by atoms with Crippen molar-refractivity contribution in [3.8, 4) is 11.5 Å². The first kappa shape index (κ1) is 23.5. The van der Waals surface area contributed by atoms with Crippen LogP contribution >= 0.6 is 0 Å². The van der Waals surface area contributed by atoms with Crippen LogP contribution in [0.1, 0.15) is 13.8 Å². The van der Waals surface area contributed by atoms with Crippen molar-refractivity contribution >= 4 is 49.8 Å². The molecule has 11 nitrogen and oxygen atoms in total. The minimum absolute atomic E-state index is 0.00459. The number of nitrogens with one attached hydrogen (secondary N) is 3. The summed E-state index contributed by atoms with van der Waals surface area (Å²) < 4.78 is 26.7. The molecule has 3 aromatic rings. The number of amides is 3. The van der Waals surface area contributed by atoms with Gasteiger partial charge in [0.15, 0.2) is 0 Å². The molecule has 0 aromatic heterocycles. The number of aromatic hydroxyl groups is 2. The van der Waals surface area contributed by atoms with Crippen molar-refractivity contribution in [1.29, 1.82) is 0 Å². The van der Waals surface area contributed by atoms with Gasteiger partial charge in [-0.1, -0.05) is 18.2 Å². The average molecular weight is 471 g/mol. The first-order valence-electron chi connectivity index (χ1n) is 9.70. The number of anilines is 1. The monoisotopic (exact) mass is 471 g/mol. The number of phenolic OH excluding ortho intramolecular Hbond substituents is 2. The zero-order valence-electron chi connectivity index (χ0n) is 17.7. The molecule has 3 amide bonds. The number of hydrogen-bond acceptors (Lipinski definition) is 8. The molecule has 0 aliphatic rings. The molecule has 0 spiro atoms. The average Bonchev–Trinajstić information content (AvgIpc) is 2.73. The molecule has 12 heteroatoms. The highest BCUT2D eigenvalue weighted by atomic mass is 32.2. The second-order valence-corrected chi connectivity index (χ2v) is 8.52. The number of fused-ring (bicyclic) bond motifs is 1. The Bertz CT molecular complexity index is 1370. The summed E-state index contributed by atoms with van der Waals surface area (Å²) in [6, 6.07) is 10.4. The third kappa shape index (κ3) is 5.36. The molecule has 0 heterocycles. The lowest BCUT2D eigenvalue weighted by atomic mass is 10.1.